The second kappa shape index (κ2) is 5.49. The highest BCUT2D eigenvalue weighted by Gasteiger charge is 2.01. The van der Waals surface area contributed by atoms with Crippen molar-refractivity contribution in [3.05, 3.63) is 41.7 Å². The Bertz CT molecular complexity index is 537. The van der Waals surface area contributed by atoms with E-state index >= 15 is 0 Å². The van der Waals surface area contributed by atoms with Crippen molar-refractivity contribution < 1.29 is 0 Å². The van der Waals surface area contributed by atoms with E-state index in [-0.39, 0.29) is 0 Å². The van der Waals surface area contributed by atoms with Gasteiger partial charge in [-0.15, -0.1) is 0 Å². The van der Waals surface area contributed by atoms with Crippen molar-refractivity contribution in [3.63, 3.8) is 0 Å². The highest BCUT2D eigenvalue weighted by Crippen LogP contribution is 2.18. The van der Waals surface area contributed by atoms with Crippen molar-refractivity contribution in [2.24, 2.45) is 0 Å². The highest BCUT2D eigenvalue weighted by atomic mass is 15.1. The standard InChI is InChI=1S/C14H18N4/c1-4-11-6-5-7-12(8-11)18-14-9-13(15-3)16-10(2)17-14/h5-9H,4H2,1-3H3,(H2,15,16,17,18). The summed E-state index contributed by atoms with van der Waals surface area (Å²) < 4.78 is 0. The van der Waals surface area contributed by atoms with Crippen LogP contribution in [0.2, 0.25) is 0 Å². The number of hydrogen-bond donors (Lipinski definition) is 2. The van der Waals surface area contributed by atoms with E-state index < -0.39 is 0 Å². The lowest BCUT2D eigenvalue weighted by Crippen LogP contribution is -2.01. The van der Waals surface area contributed by atoms with Crippen LogP contribution in [0.1, 0.15) is 18.3 Å². The highest BCUT2D eigenvalue weighted by molar-refractivity contribution is 5.59. The average molecular weight is 242 g/mol. The van der Waals surface area contributed by atoms with Gasteiger partial charge in [0, 0.05) is 18.8 Å². The number of aryl methyl sites for hydroxylation is 2. The Morgan fingerprint density at radius 2 is 1.89 bits per heavy atom. The Morgan fingerprint density at radius 3 is 2.61 bits per heavy atom. The topological polar surface area (TPSA) is 49.8 Å². The molecule has 0 spiro atoms. The van der Waals surface area contributed by atoms with Crippen LogP contribution in [0, 0.1) is 6.92 Å². The smallest absolute Gasteiger partial charge is 0.136 e. The fraction of sp³-hybridized carbons (Fsp3) is 0.286. The van der Waals surface area contributed by atoms with Crippen molar-refractivity contribution in [2.75, 3.05) is 17.7 Å². The molecule has 0 unspecified atom stereocenters. The number of nitrogens with one attached hydrogen (secondary N) is 2. The molecule has 0 atom stereocenters. The van der Waals surface area contributed by atoms with Crippen LogP contribution in [0.25, 0.3) is 0 Å². The predicted molar refractivity (Wildman–Crippen MR) is 75.4 cm³/mol. The number of aromatic nitrogens is 2. The third-order valence-corrected chi connectivity index (χ3v) is 2.70. The maximum Gasteiger partial charge on any atom is 0.136 e. The van der Waals surface area contributed by atoms with Gasteiger partial charge in [-0.05, 0) is 31.0 Å². The van der Waals surface area contributed by atoms with E-state index in [4.69, 9.17) is 0 Å². The molecule has 1 aromatic carbocycles. The van der Waals surface area contributed by atoms with E-state index in [0.717, 1.165) is 29.6 Å². The molecule has 0 amide bonds. The van der Waals surface area contributed by atoms with Gasteiger partial charge in [-0.1, -0.05) is 19.1 Å². The Kier molecular flexibility index (Phi) is 3.77. The zero-order chi connectivity index (χ0) is 13.0. The van der Waals surface area contributed by atoms with Gasteiger partial charge >= 0.3 is 0 Å². The maximum absolute atomic E-state index is 4.37. The van der Waals surface area contributed by atoms with Crippen LogP contribution in [-0.4, -0.2) is 17.0 Å². The van der Waals surface area contributed by atoms with Gasteiger partial charge in [-0.25, -0.2) is 9.97 Å². The molecular weight excluding hydrogens is 224 g/mol. The van der Waals surface area contributed by atoms with Gasteiger partial charge in [0.15, 0.2) is 0 Å². The molecule has 2 N–H and O–H groups in total. The van der Waals surface area contributed by atoms with E-state index in [9.17, 15) is 0 Å². The molecule has 0 fully saturated rings. The summed E-state index contributed by atoms with van der Waals surface area (Å²) in [5, 5.41) is 6.33. The molecule has 0 radical (unpaired) electrons. The van der Waals surface area contributed by atoms with Crippen LogP contribution in [0.4, 0.5) is 17.3 Å². The molecule has 2 aromatic rings. The first-order valence-corrected chi connectivity index (χ1v) is 6.10. The summed E-state index contributed by atoms with van der Waals surface area (Å²) in [7, 11) is 1.85. The summed E-state index contributed by atoms with van der Waals surface area (Å²) in [4.78, 5) is 8.64. The summed E-state index contributed by atoms with van der Waals surface area (Å²) >= 11 is 0. The van der Waals surface area contributed by atoms with E-state index in [0.29, 0.717) is 0 Å². The van der Waals surface area contributed by atoms with Crippen LogP contribution in [0.15, 0.2) is 30.3 Å². The molecule has 0 saturated heterocycles. The molecule has 18 heavy (non-hydrogen) atoms. The van der Waals surface area contributed by atoms with Crippen LogP contribution >= 0.6 is 0 Å². The Hall–Kier alpha value is -2.10. The van der Waals surface area contributed by atoms with E-state index in [1.807, 2.05) is 32.2 Å². The number of rotatable bonds is 4. The monoisotopic (exact) mass is 242 g/mol. The van der Waals surface area contributed by atoms with Gasteiger partial charge < -0.3 is 10.6 Å². The summed E-state index contributed by atoms with van der Waals surface area (Å²) in [6.07, 6.45) is 1.03. The second-order valence-electron chi connectivity index (χ2n) is 4.11. The Balaban J connectivity index is 2.24. The van der Waals surface area contributed by atoms with E-state index in [2.05, 4.69) is 39.7 Å². The van der Waals surface area contributed by atoms with Gasteiger partial charge in [0.2, 0.25) is 0 Å². The third-order valence-electron chi connectivity index (χ3n) is 2.70. The van der Waals surface area contributed by atoms with Crippen molar-refractivity contribution in [1.29, 1.82) is 0 Å². The minimum Gasteiger partial charge on any atom is -0.373 e. The molecule has 0 saturated carbocycles. The van der Waals surface area contributed by atoms with Crippen molar-refractivity contribution in [2.45, 2.75) is 20.3 Å². The number of anilines is 3. The normalized spacial score (nSPS) is 10.2. The quantitative estimate of drug-likeness (QED) is 0.864. The first kappa shape index (κ1) is 12.4. The van der Waals surface area contributed by atoms with Gasteiger partial charge in [0.1, 0.15) is 17.5 Å². The molecule has 0 bridgehead atoms. The molecule has 1 aromatic heterocycles. The van der Waals surface area contributed by atoms with Crippen LogP contribution in [0.3, 0.4) is 0 Å². The zero-order valence-electron chi connectivity index (χ0n) is 11.0. The summed E-state index contributed by atoms with van der Waals surface area (Å²) in [5.41, 5.74) is 2.36. The predicted octanol–water partition coefficient (Wildman–Crippen LogP) is 3.13. The minimum atomic E-state index is 0.746. The molecule has 2 rings (SSSR count). The van der Waals surface area contributed by atoms with Crippen molar-refractivity contribution >= 4 is 17.3 Å². The van der Waals surface area contributed by atoms with Crippen LogP contribution < -0.4 is 10.6 Å². The second-order valence-corrected chi connectivity index (χ2v) is 4.11. The first-order valence-electron chi connectivity index (χ1n) is 6.10. The molecule has 4 nitrogen and oxygen atoms in total. The van der Waals surface area contributed by atoms with E-state index in [1.165, 1.54) is 5.56 Å². The number of hydrogen-bond acceptors (Lipinski definition) is 4. The third kappa shape index (κ3) is 2.97. The number of benzene rings is 1. The van der Waals surface area contributed by atoms with Gasteiger partial charge in [0.05, 0.1) is 0 Å². The Labute approximate surface area is 107 Å². The van der Waals surface area contributed by atoms with Gasteiger partial charge in [0.25, 0.3) is 0 Å². The molecule has 0 aliphatic carbocycles. The lowest BCUT2D eigenvalue weighted by Gasteiger charge is -2.09. The first-order chi connectivity index (χ1) is 8.71. The fourth-order valence-electron chi connectivity index (χ4n) is 1.78. The summed E-state index contributed by atoms with van der Waals surface area (Å²) in [6, 6.07) is 10.2. The van der Waals surface area contributed by atoms with Gasteiger partial charge in [-0.2, -0.15) is 0 Å². The van der Waals surface area contributed by atoms with Gasteiger partial charge in [-0.3, -0.25) is 0 Å². The molecule has 1 heterocycles. The SMILES string of the molecule is CCc1cccc(Nc2cc(NC)nc(C)n2)c1. The average Bonchev–Trinajstić information content (AvgIpc) is 2.38. The minimum absolute atomic E-state index is 0.746. The Morgan fingerprint density at radius 1 is 1.11 bits per heavy atom. The van der Waals surface area contributed by atoms with Crippen molar-refractivity contribution in [3.8, 4) is 0 Å². The summed E-state index contributed by atoms with van der Waals surface area (Å²) in [5.74, 6) is 2.37. The number of nitrogens with zero attached hydrogens (tertiary/aromatic N) is 2. The molecule has 94 valence electrons. The molecule has 0 aliphatic heterocycles. The van der Waals surface area contributed by atoms with E-state index in [1.54, 1.807) is 0 Å². The fourth-order valence-corrected chi connectivity index (χ4v) is 1.78. The molecule has 0 aliphatic rings. The zero-order valence-corrected chi connectivity index (χ0v) is 11.0. The molecule has 4 heteroatoms. The summed E-state index contributed by atoms with van der Waals surface area (Å²) in [6.45, 7) is 4.03. The molecular formula is C14H18N4. The maximum atomic E-state index is 4.37. The largest absolute Gasteiger partial charge is 0.373 e. The van der Waals surface area contributed by atoms with Crippen LogP contribution in [0.5, 0.6) is 0 Å². The van der Waals surface area contributed by atoms with Crippen LogP contribution in [-0.2, 0) is 6.42 Å². The van der Waals surface area contributed by atoms with Crippen molar-refractivity contribution in [1.82, 2.24) is 9.97 Å². The lowest BCUT2D eigenvalue weighted by atomic mass is 10.1. The lowest BCUT2D eigenvalue weighted by molar-refractivity contribution is 1.05.